The molecular formula is C16H19NO2. The van der Waals surface area contributed by atoms with E-state index in [0.29, 0.717) is 6.61 Å². The average Bonchev–Trinajstić information content (AvgIpc) is 2.39. The van der Waals surface area contributed by atoms with E-state index in [4.69, 9.17) is 10.5 Å². The minimum atomic E-state index is -0.329. The Bertz CT molecular complexity index is 592. The summed E-state index contributed by atoms with van der Waals surface area (Å²) < 4.78 is 4.95. The molecule has 0 aliphatic heterocycles. The van der Waals surface area contributed by atoms with E-state index in [-0.39, 0.29) is 18.4 Å². The number of rotatable bonds is 4. The molecule has 0 fully saturated rings. The maximum Gasteiger partial charge on any atom is 0.307 e. The van der Waals surface area contributed by atoms with Crippen molar-refractivity contribution in [2.24, 2.45) is 5.73 Å². The fourth-order valence-corrected chi connectivity index (χ4v) is 2.31. The van der Waals surface area contributed by atoms with Gasteiger partial charge in [0.05, 0.1) is 13.0 Å². The van der Waals surface area contributed by atoms with Crippen LogP contribution in [-0.4, -0.2) is 12.6 Å². The molecule has 0 saturated carbocycles. The van der Waals surface area contributed by atoms with Crippen molar-refractivity contribution in [2.75, 3.05) is 6.61 Å². The second kappa shape index (κ2) is 5.85. The van der Waals surface area contributed by atoms with Gasteiger partial charge >= 0.3 is 5.97 Å². The van der Waals surface area contributed by atoms with Crippen molar-refractivity contribution < 1.29 is 9.53 Å². The molecule has 0 heterocycles. The number of hydrogen-bond donors (Lipinski definition) is 1. The molecule has 0 amide bonds. The Labute approximate surface area is 113 Å². The SMILES string of the molecule is CCOC(=O)C[C@H](N)c1ccc(C)c2ccccc12. The zero-order valence-corrected chi connectivity index (χ0v) is 11.3. The first kappa shape index (κ1) is 13.6. The van der Waals surface area contributed by atoms with E-state index in [0.717, 1.165) is 10.9 Å². The number of aryl methyl sites for hydroxylation is 1. The number of carbonyl (C=O) groups excluding carboxylic acids is 1. The molecule has 1 atom stereocenters. The van der Waals surface area contributed by atoms with Crippen LogP contribution in [0.15, 0.2) is 36.4 Å². The Kier molecular flexibility index (Phi) is 4.17. The van der Waals surface area contributed by atoms with E-state index in [1.165, 1.54) is 10.9 Å². The normalized spacial score (nSPS) is 12.4. The highest BCUT2D eigenvalue weighted by Crippen LogP contribution is 2.27. The van der Waals surface area contributed by atoms with E-state index in [1.54, 1.807) is 6.92 Å². The quantitative estimate of drug-likeness (QED) is 0.856. The zero-order valence-electron chi connectivity index (χ0n) is 11.3. The van der Waals surface area contributed by atoms with Gasteiger partial charge in [0.1, 0.15) is 0 Å². The molecule has 0 aliphatic carbocycles. The van der Waals surface area contributed by atoms with Crippen molar-refractivity contribution in [3.05, 3.63) is 47.5 Å². The summed E-state index contributed by atoms with van der Waals surface area (Å²) in [7, 11) is 0. The summed E-state index contributed by atoms with van der Waals surface area (Å²) in [6, 6.07) is 11.8. The molecule has 0 saturated heterocycles. The summed E-state index contributed by atoms with van der Waals surface area (Å²) in [5.41, 5.74) is 8.35. The molecule has 0 aliphatic rings. The fourth-order valence-electron chi connectivity index (χ4n) is 2.31. The lowest BCUT2D eigenvalue weighted by Gasteiger charge is -2.15. The molecule has 2 aromatic carbocycles. The van der Waals surface area contributed by atoms with Crippen molar-refractivity contribution in [3.8, 4) is 0 Å². The number of ether oxygens (including phenoxy) is 1. The van der Waals surface area contributed by atoms with Crippen molar-refractivity contribution in [3.63, 3.8) is 0 Å². The van der Waals surface area contributed by atoms with Gasteiger partial charge in [0.2, 0.25) is 0 Å². The van der Waals surface area contributed by atoms with Gasteiger partial charge in [-0.15, -0.1) is 0 Å². The minimum absolute atomic E-state index is 0.209. The van der Waals surface area contributed by atoms with E-state index in [9.17, 15) is 4.79 Å². The van der Waals surface area contributed by atoms with E-state index in [2.05, 4.69) is 13.0 Å². The number of carbonyl (C=O) groups is 1. The molecule has 3 heteroatoms. The summed E-state index contributed by atoms with van der Waals surface area (Å²) in [5, 5.41) is 2.29. The molecular weight excluding hydrogens is 238 g/mol. The summed E-state index contributed by atoms with van der Waals surface area (Å²) in [4.78, 5) is 11.5. The number of fused-ring (bicyclic) bond motifs is 1. The van der Waals surface area contributed by atoms with Gasteiger partial charge < -0.3 is 10.5 Å². The Balaban J connectivity index is 2.35. The third kappa shape index (κ3) is 2.93. The lowest BCUT2D eigenvalue weighted by Crippen LogP contribution is -2.17. The highest BCUT2D eigenvalue weighted by Gasteiger charge is 2.15. The number of benzene rings is 2. The summed E-state index contributed by atoms with van der Waals surface area (Å²) in [5.74, 6) is -0.250. The highest BCUT2D eigenvalue weighted by atomic mass is 16.5. The largest absolute Gasteiger partial charge is 0.466 e. The molecule has 2 rings (SSSR count). The fraction of sp³-hybridized carbons (Fsp3) is 0.312. The Morgan fingerprint density at radius 3 is 2.58 bits per heavy atom. The van der Waals surface area contributed by atoms with Crippen LogP contribution >= 0.6 is 0 Å². The Morgan fingerprint density at radius 2 is 1.89 bits per heavy atom. The molecule has 0 spiro atoms. The monoisotopic (exact) mass is 257 g/mol. The lowest BCUT2D eigenvalue weighted by molar-refractivity contribution is -0.143. The predicted molar refractivity (Wildman–Crippen MR) is 76.9 cm³/mol. The summed E-state index contributed by atoms with van der Waals surface area (Å²) in [6.45, 7) is 4.26. The van der Waals surface area contributed by atoms with E-state index >= 15 is 0 Å². The average molecular weight is 257 g/mol. The van der Waals surface area contributed by atoms with Gasteiger partial charge in [0.15, 0.2) is 0 Å². The van der Waals surface area contributed by atoms with Gasteiger partial charge in [-0.3, -0.25) is 4.79 Å². The summed E-state index contributed by atoms with van der Waals surface area (Å²) in [6.07, 6.45) is 0.209. The predicted octanol–water partition coefficient (Wildman–Crippen LogP) is 3.10. The van der Waals surface area contributed by atoms with Crippen molar-refractivity contribution in [2.45, 2.75) is 26.3 Å². The maximum atomic E-state index is 11.5. The van der Waals surface area contributed by atoms with Gasteiger partial charge in [0.25, 0.3) is 0 Å². The molecule has 19 heavy (non-hydrogen) atoms. The van der Waals surface area contributed by atoms with Crippen molar-refractivity contribution >= 4 is 16.7 Å². The second-order valence-electron chi connectivity index (χ2n) is 4.63. The molecule has 0 aromatic heterocycles. The first-order valence-corrected chi connectivity index (χ1v) is 6.53. The molecule has 0 bridgehead atoms. The highest BCUT2D eigenvalue weighted by molar-refractivity contribution is 5.89. The smallest absolute Gasteiger partial charge is 0.307 e. The van der Waals surface area contributed by atoms with E-state index < -0.39 is 0 Å². The molecule has 100 valence electrons. The van der Waals surface area contributed by atoms with Crippen LogP contribution in [0, 0.1) is 6.92 Å². The third-order valence-corrected chi connectivity index (χ3v) is 3.27. The van der Waals surface area contributed by atoms with Gasteiger partial charge in [-0.05, 0) is 35.7 Å². The summed E-state index contributed by atoms with van der Waals surface area (Å²) >= 11 is 0. The second-order valence-corrected chi connectivity index (χ2v) is 4.63. The molecule has 2 N–H and O–H groups in total. The topological polar surface area (TPSA) is 52.3 Å². The molecule has 3 nitrogen and oxygen atoms in total. The number of hydrogen-bond acceptors (Lipinski definition) is 3. The van der Waals surface area contributed by atoms with Crippen LogP contribution in [0.25, 0.3) is 10.8 Å². The van der Waals surface area contributed by atoms with Crippen LogP contribution in [-0.2, 0) is 9.53 Å². The van der Waals surface area contributed by atoms with Gasteiger partial charge in [-0.2, -0.15) is 0 Å². The standard InChI is InChI=1S/C16H19NO2/c1-3-19-16(18)10-15(17)14-9-8-11(2)12-6-4-5-7-13(12)14/h4-9,15H,3,10,17H2,1-2H3/t15-/m0/s1. The lowest BCUT2D eigenvalue weighted by atomic mass is 9.95. The molecule has 2 aromatic rings. The first-order chi connectivity index (χ1) is 9.13. The maximum absolute atomic E-state index is 11.5. The van der Waals surface area contributed by atoms with Crippen LogP contribution in [0.5, 0.6) is 0 Å². The van der Waals surface area contributed by atoms with Gasteiger partial charge in [0, 0.05) is 6.04 Å². The Morgan fingerprint density at radius 1 is 1.21 bits per heavy atom. The van der Waals surface area contributed by atoms with Crippen LogP contribution in [0.1, 0.15) is 30.5 Å². The van der Waals surface area contributed by atoms with Crippen molar-refractivity contribution in [1.82, 2.24) is 0 Å². The zero-order chi connectivity index (χ0) is 13.8. The number of nitrogens with two attached hydrogens (primary N) is 1. The van der Waals surface area contributed by atoms with Crippen LogP contribution < -0.4 is 5.73 Å². The minimum Gasteiger partial charge on any atom is -0.466 e. The van der Waals surface area contributed by atoms with Crippen LogP contribution in [0.3, 0.4) is 0 Å². The van der Waals surface area contributed by atoms with Crippen LogP contribution in [0.2, 0.25) is 0 Å². The molecule has 0 unspecified atom stereocenters. The van der Waals surface area contributed by atoms with Gasteiger partial charge in [-0.25, -0.2) is 0 Å². The molecule has 0 radical (unpaired) electrons. The Hall–Kier alpha value is -1.87. The third-order valence-electron chi connectivity index (χ3n) is 3.27. The first-order valence-electron chi connectivity index (χ1n) is 6.53. The number of esters is 1. The van der Waals surface area contributed by atoms with E-state index in [1.807, 2.05) is 30.3 Å². The van der Waals surface area contributed by atoms with Crippen molar-refractivity contribution in [1.29, 1.82) is 0 Å². The van der Waals surface area contributed by atoms with Gasteiger partial charge in [-0.1, -0.05) is 36.4 Å². The van der Waals surface area contributed by atoms with Crippen LogP contribution in [0.4, 0.5) is 0 Å².